The number of nitrogens with zero attached hydrogens (tertiary/aromatic N) is 1. The number of hydrogen-bond acceptors (Lipinski definition) is 5. The number of nitrogens with one attached hydrogen (secondary N) is 1. The summed E-state index contributed by atoms with van der Waals surface area (Å²) >= 11 is 0. The van der Waals surface area contributed by atoms with Crippen molar-refractivity contribution in [3.63, 3.8) is 0 Å². The summed E-state index contributed by atoms with van der Waals surface area (Å²) in [7, 11) is -2.32. The third-order valence-electron chi connectivity index (χ3n) is 5.25. The van der Waals surface area contributed by atoms with Gasteiger partial charge in [-0.2, -0.15) is 4.31 Å². The molecule has 1 heterocycles. The van der Waals surface area contributed by atoms with Gasteiger partial charge < -0.3 is 14.8 Å². The zero-order chi connectivity index (χ0) is 21.7. The molecule has 0 radical (unpaired) electrons. The lowest BCUT2D eigenvalue weighted by molar-refractivity contribution is -0.116. The quantitative estimate of drug-likeness (QED) is 0.727. The summed E-state index contributed by atoms with van der Waals surface area (Å²) < 4.78 is 38.0. The highest BCUT2D eigenvalue weighted by atomic mass is 32.2. The number of amides is 1. The fourth-order valence-electron chi connectivity index (χ4n) is 3.32. The fraction of sp³-hybridized carbons (Fsp3) is 0.409. The number of methoxy groups -OCH3 is 1. The molecular formula is C22H28N2O5S. The second kappa shape index (κ2) is 9.59. The van der Waals surface area contributed by atoms with E-state index in [1.165, 1.54) is 28.6 Å². The molecule has 162 valence electrons. The van der Waals surface area contributed by atoms with Crippen LogP contribution in [0.25, 0.3) is 0 Å². The molecule has 2 aromatic rings. The van der Waals surface area contributed by atoms with Crippen molar-refractivity contribution in [1.29, 1.82) is 0 Å². The highest BCUT2D eigenvalue weighted by Gasteiger charge is 2.29. The first kappa shape index (κ1) is 22.3. The maximum atomic E-state index is 13.1. The molecule has 30 heavy (non-hydrogen) atoms. The molecule has 1 aliphatic heterocycles. The van der Waals surface area contributed by atoms with E-state index in [-0.39, 0.29) is 29.6 Å². The van der Waals surface area contributed by atoms with E-state index >= 15 is 0 Å². The van der Waals surface area contributed by atoms with Crippen molar-refractivity contribution in [3.05, 3.63) is 53.1 Å². The Morgan fingerprint density at radius 2 is 1.83 bits per heavy atom. The van der Waals surface area contributed by atoms with Crippen LogP contribution >= 0.6 is 0 Å². The zero-order valence-electron chi connectivity index (χ0n) is 17.6. The third kappa shape index (κ3) is 5.19. The maximum absolute atomic E-state index is 13.1. The van der Waals surface area contributed by atoms with Gasteiger partial charge in [-0.1, -0.05) is 18.2 Å². The Labute approximate surface area is 178 Å². The SMILES string of the molecule is COc1ccc(NC(=O)CCc2ccc(C)c(C)c2)cc1S(=O)(=O)N1CCOCC1. The van der Waals surface area contributed by atoms with Crippen molar-refractivity contribution in [1.82, 2.24) is 4.31 Å². The predicted octanol–water partition coefficient (Wildman–Crippen LogP) is 2.90. The van der Waals surface area contributed by atoms with Crippen LogP contribution in [0.5, 0.6) is 5.75 Å². The Balaban J connectivity index is 1.72. The molecule has 0 bridgehead atoms. The van der Waals surface area contributed by atoms with Crippen LogP contribution < -0.4 is 10.1 Å². The van der Waals surface area contributed by atoms with Gasteiger partial charge in [-0.15, -0.1) is 0 Å². The molecule has 0 spiro atoms. The Kier molecular flexibility index (Phi) is 7.12. The maximum Gasteiger partial charge on any atom is 0.246 e. The molecule has 0 aliphatic carbocycles. The fourth-order valence-corrected chi connectivity index (χ4v) is 4.91. The average Bonchev–Trinajstić information content (AvgIpc) is 2.75. The van der Waals surface area contributed by atoms with Gasteiger partial charge in [0, 0.05) is 25.2 Å². The van der Waals surface area contributed by atoms with Crippen LogP contribution in [0, 0.1) is 13.8 Å². The summed E-state index contributed by atoms with van der Waals surface area (Å²) in [6.07, 6.45) is 0.919. The number of anilines is 1. The molecule has 3 rings (SSSR count). The van der Waals surface area contributed by atoms with Crippen molar-refractivity contribution >= 4 is 21.6 Å². The van der Waals surface area contributed by atoms with Crippen molar-refractivity contribution in [2.75, 3.05) is 38.7 Å². The van der Waals surface area contributed by atoms with Crippen LogP contribution in [-0.4, -0.2) is 52.0 Å². The van der Waals surface area contributed by atoms with E-state index in [2.05, 4.69) is 24.4 Å². The van der Waals surface area contributed by atoms with Crippen LogP contribution in [0.1, 0.15) is 23.1 Å². The molecule has 7 nitrogen and oxygen atoms in total. The Morgan fingerprint density at radius 3 is 2.50 bits per heavy atom. The van der Waals surface area contributed by atoms with Gasteiger partial charge in [0.25, 0.3) is 0 Å². The third-order valence-corrected chi connectivity index (χ3v) is 7.17. The van der Waals surface area contributed by atoms with Crippen LogP contribution in [-0.2, 0) is 26.0 Å². The summed E-state index contributed by atoms with van der Waals surface area (Å²) in [5.74, 6) is 0.0720. The van der Waals surface area contributed by atoms with Crippen molar-refractivity contribution in [2.24, 2.45) is 0 Å². The smallest absolute Gasteiger partial charge is 0.246 e. The van der Waals surface area contributed by atoms with Crippen LogP contribution in [0.2, 0.25) is 0 Å². The van der Waals surface area contributed by atoms with E-state index in [1.54, 1.807) is 12.1 Å². The number of rotatable bonds is 7. The minimum atomic E-state index is -3.75. The van der Waals surface area contributed by atoms with Gasteiger partial charge in [-0.3, -0.25) is 4.79 Å². The van der Waals surface area contributed by atoms with Gasteiger partial charge in [0.1, 0.15) is 10.6 Å². The number of ether oxygens (including phenoxy) is 2. The molecule has 1 amide bonds. The van der Waals surface area contributed by atoms with Crippen molar-refractivity contribution in [3.8, 4) is 5.75 Å². The number of carbonyl (C=O) groups excluding carboxylic acids is 1. The molecule has 0 saturated carbocycles. The second-order valence-electron chi connectivity index (χ2n) is 7.35. The van der Waals surface area contributed by atoms with Gasteiger partial charge >= 0.3 is 0 Å². The molecule has 1 N–H and O–H groups in total. The highest BCUT2D eigenvalue weighted by molar-refractivity contribution is 7.89. The van der Waals surface area contributed by atoms with Crippen molar-refractivity contribution < 1.29 is 22.7 Å². The van der Waals surface area contributed by atoms with Gasteiger partial charge in [0.2, 0.25) is 15.9 Å². The molecule has 0 aromatic heterocycles. The van der Waals surface area contributed by atoms with E-state index in [4.69, 9.17) is 9.47 Å². The minimum absolute atomic E-state index is 0.0406. The lowest BCUT2D eigenvalue weighted by atomic mass is 10.0. The average molecular weight is 433 g/mol. The first-order chi connectivity index (χ1) is 14.3. The van der Waals surface area contributed by atoms with E-state index in [0.29, 0.717) is 31.7 Å². The number of benzene rings is 2. The Bertz CT molecular complexity index is 1010. The van der Waals surface area contributed by atoms with Gasteiger partial charge in [0.05, 0.1) is 20.3 Å². The van der Waals surface area contributed by atoms with Gasteiger partial charge in [0.15, 0.2) is 0 Å². The predicted molar refractivity (Wildman–Crippen MR) is 115 cm³/mol. The van der Waals surface area contributed by atoms with Crippen LogP contribution in [0.3, 0.4) is 0 Å². The van der Waals surface area contributed by atoms with E-state index in [1.807, 2.05) is 13.0 Å². The number of carbonyl (C=O) groups is 1. The van der Waals surface area contributed by atoms with Gasteiger partial charge in [-0.05, 0) is 55.2 Å². The van der Waals surface area contributed by atoms with E-state index in [0.717, 1.165) is 5.56 Å². The molecule has 0 atom stereocenters. The molecular weight excluding hydrogens is 404 g/mol. The summed E-state index contributed by atoms with van der Waals surface area (Å²) in [4.78, 5) is 12.5. The van der Waals surface area contributed by atoms with Crippen LogP contribution in [0.4, 0.5) is 5.69 Å². The Hall–Kier alpha value is -2.42. The molecule has 1 saturated heterocycles. The van der Waals surface area contributed by atoms with Crippen molar-refractivity contribution in [2.45, 2.75) is 31.6 Å². The van der Waals surface area contributed by atoms with Gasteiger partial charge in [-0.25, -0.2) is 8.42 Å². The standard InChI is InChI=1S/C22H28N2O5S/c1-16-4-5-18(14-17(16)2)6-9-22(25)23-19-7-8-20(28-3)21(15-19)30(26,27)24-10-12-29-13-11-24/h4-5,7-8,14-15H,6,9-13H2,1-3H3,(H,23,25). The minimum Gasteiger partial charge on any atom is -0.495 e. The normalized spacial score (nSPS) is 15.0. The molecule has 1 fully saturated rings. The number of morpholine rings is 1. The topological polar surface area (TPSA) is 84.9 Å². The largest absolute Gasteiger partial charge is 0.495 e. The molecule has 8 heteroatoms. The highest BCUT2D eigenvalue weighted by Crippen LogP contribution is 2.30. The number of aryl methyl sites for hydroxylation is 3. The summed E-state index contributed by atoms with van der Waals surface area (Å²) in [6, 6.07) is 10.8. The van der Waals surface area contributed by atoms with E-state index in [9.17, 15) is 13.2 Å². The summed E-state index contributed by atoms with van der Waals surface area (Å²) in [6.45, 7) is 5.40. The Morgan fingerprint density at radius 1 is 1.10 bits per heavy atom. The lowest BCUT2D eigenvalue weighted by Crippen LogP contribution is -2.40. The number of hydrogen-bond donors (Lipinski definition) is 1. The molecule has 0 unspecified atom stereocenters. The zero-order valence-corrected chi connectivity index (χ0v) is 18.4. The monoisotopic (exact) mass is 432 g/mol. The summed E-state index contributed by atoms with van der Waals surface area (Å²) in [5, 5.41) is 2.80. The molecule has 1 aliphatic rings. The first-order valence-electron chi connectivity index (χ1n) is 9.93. The van der Waals surface area contributed by atoms with E-state index < -0.39 is 10.0 Å². The molecule has 2 aromatic carbocycles. The number of sulfonamides is 1. The first-order valence-corrected chi connectivity index (χ1v) is 11.4. The lowest BCUT2D eigenvalue weighted by Gasteiger charge is -2.26. The van der Waals surface area contributed by atoms with Crippen LogP contribution in [0.15, 0.2) is 41.3 Å². The second-order valence-corrected chi connectivity index (χ2v) is 9.26. The summed E-state index contributed by atoms with van der Waals surface area (Å²) in [5.41, 5.74) is 3.93.